The average molecular weight is 367 g/mol. The smallest absolute Gasteiger partial charge is 0.257 e. The molecule has 142 valence electrons. The molecular formula is C20H25N5O2. The molecule has 1 spiro atoms. The number of aromatic nitrogens is 4. The summed E-state index contributed by atoms with van der Waals surface area (Å²) < 4.78 is 7.88. The molecule has 4 heterocycles. The molecule has 1 aliphatic carbocycles. The number of carbonyl (C=O) groups excluding carboxylic acids is 1. The molecule has 2 fully saturated rings. The van der Waals surface area contributed by atoms with Gasteiger partial charge in [0.25, 0.3) is 5.91 Å². The second-order valence-corrected chi connectivity index (χ2v) is 7.95. The fourth-order valence-electron chi connectivity index (χ4n) is 4.57. The summed E-state index contributed by atoms with van der Waals surface area (Å²) in [4.78, 5) is 24.0. The summed E-state index contributed by atoms with van der Waals surface area (Å²) in [5.74, 6) is 1.49. The highest BCUT2D eigenvalue weighted by Crippen LogP contribution is 2.43. The van der Waals surface area contributed by atoms with E-state index in [0.717, 1.165) is 23.6 Å². The molecule has 0 radical (unpaired) electrons. The van der Waals surface area contributed by atoms with Gasteiger partial charge in [-0.2, -0.15) is 5.10 Å². The zero-order valence-corrected chi connectivity index (χ0v) is 15.7. The van der Waals surface area contributed by atoms with Crippen molar-refractivity contribution >= 4 is 5.91 Å². The number of rotatable bonds is 3. The van der Waals surface area contributed by atoms with E-state index in [2.05, 4.69) is 10.1 Å². The van der Waals surface area contributed by atoms with Gasteiger partial charge in [0.05, 0.1) is 37.2 Å². The molecule has 1 saturated heterocycles. The third kappa shape index (κ3) is 2.76. The molecule has 0 unspecified atom stereocenters. The van der Waals surface area contributed by atoms with Crippen LogP contribution in [-0.2, 0) is 23.5 Å². The van der Waals surface area contributed by atoms with E-state index in [4.69, 9.17) is 9.72 Å². The third-order valence-electron chi connectivity index (χ3n) is 6.22. The van der Waals surface area contributed by atoms with E-state index >= 15 is 0 Å². The van der Waals surface area contributed by atoms with Gasteiger partial charge in [0.15, 0.2) is 0 Å². The van der Waals surface area contributed by atoms with Gasteiger partial charge in [-0.25, -0.2) is 9.97 Å². The van der Waals surface area contributed by atoms with Crippen LogP contribution in [0.25, 0.3) is 0 Å². The Morgan fingerprint density at radius 2 is 2.07 bits per heavy atom. The molecule has 0 N–H and O–H groups in total. The van der Waals surface area contributed by atoms with Gasteiger partial charge >= 0.3 is 0 Å². The molecule has 2 aliphatic heterocycles. The van der Waals surface area contributed by atoms with Gasteiger partial charge in [-0.3, -0.25) is 9.48 Å². The second-order valence-electron chi connectivity index (χ2n) is 7.95. The molecule has 2 aromatic rings. The number of aryl methyl sites for hydroxylation is 1. The van der Waals surface area contributed by atoms with Crippen LogP contribution in [0.2, 0.25) is 0 Å². The van der Waals surface area contributed by atoms with Crippen molar-refractivity contribution in [1.82, 2.24) is 24.6 Å². The molecule has 0 bridgehead atoms. The normalized spacial score (nSPS) is 21.3. The van der Waals surface area contributed by atoms with Gasteiger partial charge in [0, 0.05) is 30.4 Å². The van der Waals surface area contributed by atoms with Crippen molar-refractivity contribution in [2.45, 2.75) is 63.7 Å². The predicted octanol–water partition coefficient (Wildman–Crippen LogP) is 2.62. The minimum atomic E-state index is -0.420. The largest absolute Gasteiger partial charge is 0.360 e. The topological polar surface area (TPSA) is 73.1 Å². The Morgan fingerprint density at radius 3 is 2.81 bits per heavy atom. The zero-order chi connectivity index (χ0) is 18.4. The maximum Gasteiger partial charge on any atom is 0.257 e. The van der Waals surface area contributed by atoms with Crippen LogP contribution in [0.3, 0.4) is 0 Å². The number of hydrogen-bond acceptors (Lipinski definition) is 5. The van der Waals surface area contributed by atoms with Crippen LogP contribution in [0.5, 0.6) is 0 Å². The number of nitrogens with zero attached hydrogens (tertiary/aromatic N) is 5. The number of fused-ring (bicyclic) bond motifs is 2. The van der Waals surface area contributed by atoms with Gasteiger partial charge in [0.2, 0.25) is 0 Å². The van der Waals surface area contributed by atoms with Crippen molar-refractivity contribution in [3.05, 3.63) is 41.2 Å². The van der Waals surface area contributed by atoms with Crippen LogP contribution in [0.15, 0.2) is 18.6 Å². The molecule has 1 amide bonds. The number of amides is 1. The van der Waals surface area contributed by atoms with Crippen molar-refractivity contribution in [1.29, 1.82) is 0 Å². The first-order chi connectivity index (χ1) is 13.2. The first-order valence-corrected chi connectivity index (χ1v) is 10.0. The van der Waals surface area contributed by atoms with Crippen molar-refractivity contribution in [2.75, 3.05) is 13.1 Å². The van der Waals surface area contributed by atoms with Crippen LogP contribution in [0, 0.1) is 0 Å². The summed E-state index contributed by atoms with van der Waals surface area (Å²) in [6.07, 6.45) is 11.7. The Labute approximate surface area is 158 Å². The quantitative estimate of drug-likeness (QED) is 0.834. The van der Waals surface area contributed by atoms with Crippen LogP contribution in [-0.4, -0.2) is 43.6 Å². The molecule has 7 nitrogen and oxygen atoms in total. The van der Waals surface area contributed by atoms with E-state index < -0.39 is 5.60 Å². The molecule has 1 saturated carbocycles. The Balaban J connectivity index is 1.30. The highest BCUT2D eigenvalue weighted by atomic mass is 16.5. The number of ether oxygens (including phenoxy) is 1. The summed E-state index contributed by atoms with van der Waals surface area (Å²) in [5.41, 5.74) is 2.29. The molecule has 27 heavy (non-hydrogen) atoms. The lowest BCUT2D eigenvalue weighted by Gasteiger charge is -2.47. The number of carbonyl (C=O) groups is 1. The lowest BCUT2D eigenvalue weighted by atomic mass is 9.86. The molecule has 2 aromatic heterocycles. The molecule has 5 rings (SSSR count). The Bertz CT molecular complexity index is 865. The first-order valence-electron chi connectivity index (χ1n) is 10.0. The summed E-state index contributed by atoms with van der Waals surface area (Å²) in [6, 6.07) is 0. The van der Waals surface area contributed by atoms with Gasteiger partial charge in [-0.15, -0.1) is 0 Å². The standard InChI is InChI=1S/C20H25N5O2/c1-2-25-10-15(8-22-25)19(26)24-12-20(13-24)16-9-21-18(23-17(16)11-27-20)14-6-4-3-5-7-14/h8-10,14H,2-7,11-13H2,1H3. The highest BCUT2D eigenvalue weighted by molar-refractivity contribution is 5.94. The Hall–Kier alpha value is -2.28. The molecule has 7 heteroatoms. The monoisotopic (exact) mass is 367 g/mol. The predicted molar refractivity (Wildman–Crippen MR) is 98.1 cm³/mol. The van der Waals surface area contributed by atoms with Crippen molar-refractivity contribution in [3.8, 4) is 0 Å². The van der Waals surface area contributed by atoms with E-state index in [0.29, 0.717) is 31.2 Å². The van der Waals surface area contributed by atoms with Crippen molar-refractivity contribution in [2.24, 2.45) is 0 Å². The van der Waals surface area contributed by atoms with E-state index in [-0.39, 0.29) is 5.91 Å². The average Bonchev–Trinajstić information content (AvgIpc) is 3.31. The van der Waals surface area contributed by atoms with Crippen LogP contribution >= 0.6 is 0 Å². The summed E-state index contributed by atoms with van der Waals surface area (Å²) in [7, 11) is 0. The summed E-state index contributed by atoms with van der Waals surface area (Å²) in [6.45, 7) is 4.40. The van der Waals surface area contributed by atoms with Crippen LogP contribution < -0.4 is 0 Å². The highest BCUT2D eigenvalue weighted by Gasteiger charge is 2.52. The number of likely N-dealkylation sites (tertiary alicyclic amines) is 1. The lowest BCUT2D eigenvalue weighted by Crippen LogP contribution is -2.61. The molecule has 0 atom stereocenters. The van der Waals surface area contributed by atoms with Crippen molar-refractivity contribution < 1.29 is 9.53 Å². The Morgan fingerprint density at radius 1 is 1.26 bits per heavy atom. The molecular weight excluding hydrogens is 342 g/mol. The summed E-state index contributed by atoms with van der Waals surface area (Å²) in [5, 5.41) is 4.19. The maximum absolute atomic E-state index is 12.7. The van der Waals surface area contributed by atoms with E-state index in [1.165, 1.54) is 32.1 Å². The number of hydrogen-bond donors (Lipinski definition) is 0. The van der Waals surface area contributed by atoms with E-state index in [1.54, 1.807) is 17.1 Å². The molecule has 3 aliphatic rings. The summed E-state index contributed by atoms with van der Waals surface area (Å²) >= 11 is 0. The minimum absolute atomic E-state index is 0.0112. The zero-order valence-electron chi connectivity index (χ0n) is 15.7. The fourth-order valence-corrected chi connectivity index (χ4v) is 4.57. The minimum Gasteiger partial charge on any atom is -0.360 e. The van der Waals surface area contributed by atoms with Gasteiger partial charge in [-0.05, 0) is 19.8 Å². The Kier molecular flexibility index (Phi) is 4.00. The van der Waals surface area contributed by atoms with Gasteiger partial charge < -0.3 is 9.64 Å². The van der Waals surface area contributed by atoms with E-state index in [1.807, 2.05) is 18.0 Å². The second kappa shape index (κ2) is 6.41. The third-order valence-corrected chi connectivity index (χ3v) is 6.22. The van der Waals surface area contributed by atoms with Gasteiger partial charge in [-0.1, -0.05) is 19.3 Å². The maximum atomic E-state index is 12.7. The van der Waals surface area contributed by atoms with Gasteiger partial charge in [0.1, 0.15) is 11.4 Å². The SMILES string of the molecule is CCn1cc(C(=O)N2CC3(C2)OCc2nc(C4CCCCC4)ncc23)cn1. The molecule has 0 aromatic carbocycles. The van der Waals surface area contributed by atoms with Crippen molar-refractivity contribution in [3.63, 3.8) is 0 Å². The fraction of sp³-hybridized carbons (Fsp3) is 0.600. The van der Waals surface area contributed by atoms with Crippen LogP contribution in [0.1, 0.15) is 72.4 Å². The first kappa shape index (κ1) is 16.9. The van der Waals surface area contributed by atoms with E-state index in [9.17, 15) is 4.79 Å². The van der Waals surface area contributed by atoms with Crippen LogP contribution in [0.4, 0.5) is 0 Å². The lowest BCUT2D eigenvalue weighted by molar-refractivity contribution is -0.126.